The summed E-state index contributed by atoms with van der Waals surface area (Å²) in [5.41, 5.74) is 7.32. The maximum absolute atomic E-state index is 13.4. The van der Waals surface area contributed by atoms with E-state index < -0.39 is 0 Å². The fraction of sp³-hybridized carbons (Fsp3) is 0.533. The largest absolute Gasteiger partial charge is 0.330 e. The van der Waals surface area contributed by atoms with Gasteiger partial charge in [0.1, 0.15) is 11.6 Å². The Kier molecular flexibility index (Phi) is 4.20. The lowest BCUT2D eigenvalue weighted by Gasteiger charge is -2.17. The van der Waals surface area contributed by atoms with Gasteiger partial charge in [0, 0.05) is 12.0 Å². The number of halogens is 1. The predicted molar refractivity (Wildman–Crippen MR) is 76.8 cm³/mol. The van der Waals surface area contributed by atoms with E-state index in [1.54, 1.807) is 12.1 Å². The van der Waals surface area contributed by atoms with Gasteiger partial charge < -0.3 is 10.3 Å². The van der Waals surface area contributed by atoms with E-state index in [9.17, 15) is 4.39 Å². The molecule has 4 heteroatoms. The van der Waals surface area contributed by atoms with Crippen LogP contribution < -0.4 is 5.73 Å². The van der Waals surface area contributed by atoms with Crippen LogP contribution in [0.2, 0.25) is 0 Å². The van der Waals surface area contributed by atoms with Crippen LogP contribution in [0.1, 0.15) is 51.4 Å². The van der Waals surface area contributed by atoms with Crippen molar-refractivity contribution in [3.8, 4) is 0 Å². The first-order valence-electron chi connectivity index (χ1n) is 6.92. The third kappa shape index (κ3) is 2.78. The summed E-state index contributed by atoms with van der Waals surface area (Å²) < 4.78 is 15.6. The summed E-state index contributed by atoms with van der Waals surface area (Å²) >= 11 is 0. The maximum atomic E-state index is 13.4. The first-order chi connectivity index (χ1) is 9.04. The van der Waals surface area contributed by atoms with Gasteiger partial charge in [-0.05, 0) is 51.4 Å². The Balaban J connectivity index is 2.50. The summed E-state index contributed by atoms with van der Waals surface area (Å²) in [5.74, 6) is 1.15. The van der Waals surface area contributed by atoms with Crippen LogP contribution in [0.3, 0.4) is 0 Å². The molecule has 0 radical (unpaired) electrons. The number of aromatic nitrogens is 2. The molecule has 0 aliphatic heterocycles. The summed E-state index contributed by atoms with van der Waals surface area (Å²) in [6, 6.07) is 5.06. The van der Waals surface area contributed by atoms with Gasteiger partial charge in [0.05, 0.1) is 11.0 Å². The quantitative estimate of drug-likeness (QED) is 0.895. The van der Waals surface area contributed by atoms with E-state index in [0.29, 0.717) is 12.5 Å². The Labute approximate surface area is 113 Å². The zero-order valence-electron chi connectivity index (χ0n) is 11.9. The van der Waals surface area contributed by atoms with Crippen LogP contribution in [0.25, 0.3) is 11.0 Å². The molecule has 3 nitrogen and oxygen atoms in total. The normalized spacial score (nSPS) is 13.4. The molecular weight excluding hydrogens is 241 g/mol. The van der Waals surface area contributed by atoms with E-state index in [-0.39, 0.29) is 11.9 Å². The zero-order chi connectivity index (χ0) is 14.0. The number of imidazole rings is 1. The van der Waals surface area contributed by atoms with Crippen LogP contribution in [-0.4, -0.2) is 16.1 Å². The highest BCUT2D eigenvalue weighted by Crippen LogP contribution is 2.28. The molecule has 1 unspecified atom stereocenters. The van der Waals surface area contributed by atoms with Crippen LogP contribution in [0.5, 0.6) is 0 Å². The van der Waals surface area contributed by atoms with Crippen LogP contribution >= 0.6 is 0 Å². The van der Waals surface area contributed by atoms with Gasteiger partial charge in [0.2, 0.25) is 0 Å². The molecule has 1 heterocycles. The molecule has 0 fully saturated rings. The van der Waals surface area contributed by atoms with E-state index in [1.165, 1.54) is 6.07 Å². The van der Waals surface area contributed by atoms with Crippen LogP contribution in [0.4, 0.5) is 4.39 Å². The molecular formula is C15H22FN3. The smallest absolute Gasteiger partial charge is 0.125 e. The van der Waals surface area contributed by atoms with Crippen molar-refractivity contribution in [1.29, 1.82) is 0 Å². The Bertz CT molecular complexity index is 560. The highest BCUT2D eigenvalue weighted by atomic mass is 19.1. The fourth-order valence-corrected chi connectivity index (χ4v) is 2.53. The minimum atomic E-state index is -0.213. The standard InChI is InChI=1S/C15H22FN3/c1-10(2)19-14-9-12(16)6-7-13(14)18-15(19)11(3)5-4-8-17/h6-7,9-11H,4-5,8,17H2,1-3H3. The van der Waals surface area contributed by atoms with Gasteiger partial charge in [-0.2, -0.15) is 0 Å². The molecule has 2 rings (SSSR count). The molecule has 0 aliphatic carbocycles. The van der Waals surface area contributed by atoms with Gasteiger partial charge in [-0.25, -0.2) is 9.37 Å². The molecule has 0 aliphatic rings. The molecule has 0 saturated heterocycles. The van der Waals surface area contributed by atoms with Gasteiger partial charge in [-0.3, -0.25) is 0 Å². The molecule has 19 heavy (non-hydrogen) atoms. The minimum Gasteiger partial charge on any atom is -0.330 e. The van der Waals surface area contributed by atoms with Crippen molar-refractivity contribution >= 4 is 11.0 Å². The summed E-state index contributed by atoms with van der Waals surface area (Å²) in [5, 5.41) is 0. The average molecular weight is 263 g/mol. The number of nitrogens with zero attached hydrogens (tertiary/aromatic N) is 2. The Morgan fingerprint density at radius 3 is 2.68 bits per heavy atom. The van der Waals surface area contributed by atoms with E-state index in [4.69, 9.17) is 5.73 Å². The summed E-state index contributed by atoms with van der Waals surface area (Å²) in [4.78, 5) is 4.68. The lowest BCUT2D eigenvalue weighted by Crippen LogP contribution is -2.10. The topological polar surface area (TPSA) is 43.8 Å². The summed E-state index contributed by atoms with van der Waals surface area (Å²) in [6.07, 6.45) is 1.99. The van der Waals surface area contributed by atoms with Crippen molar-refractivity contribution in [3.05, 3.63) is 29.8 Å². The maximum Gasteiger partial charge on any atom is 0.125 e. The molecule has 0 saturated carbocycles. The van der Waals surface area contributed by atoms with Crippen LogP contribution in [-0.2, 0) is 0 Å². The highest BCUT2D eigenvalue weighted by Gasteiger charge is 2.18. The number of hydrogen-bond donors (Lipinski definition) is 1. The molecule has 1 aromatic heterocycles. The predicted octanol–water partition coefficient (Wildman–Crippen LogP) is 3.60. The molecule has 1 aromatic carbocycles. The Hall–Kier alpha value is -1.42. The average Bonchev–Trinajstić information content (AvgIpc) is 2.74. The van der Waals surface area contributed by atoms with Crippen LogP contribution in [0, 0.1) is 5.82 Å². The number of benzene rings is 1. The summed E-state index contributed by atoms with van der Waals surface area (Å²) in [7, 11) is 0. The van der Waals surface area contributed by atoms with Gasteiger partial charge in [0.25, 0.3) is 0 Å². The molecule has 2 N–H and O–H groups in total. The second-order valence-corrected chi connectivity index (χ2v) is 5.40. The number of fused-ring (bicyclic) bond motifs is 1. The highest BCUT2D eigenvalue weighted by molar-refractivity contribution is 5.76. The number of nitrogens with two attached hydrogens (primary N) is 1. The monoisotopic (exact) mass is 263 g/mol. The lowest BCUT2D eigenvalue weighted by molar-refractivity contribution is 0.526. The van der Waals surface area contributed by atoms with E-state index >= 15 is 0 Å². The fourth-order valence-electron chi connectivity index (χ4n) is 2.53. The molecule has 0 amide bonds. The Morgan fingerprint density at radius 1 is 1.32 bits per heavy atom. The second-order valence-electron chi connectivity index (χ2n) is 5.40. The molecule has 1 atom stereocenters. The van der Waals surface area contributed by atoms with Crippen molar-refractivity contribution in [3.63, 3.8) is 0 Å². The molecule has 0 bridgehead atoms. The molecule has 2 aromatic rings. The van der Waals surface area contributed by atoms with Gasteiger partial charge in [0.15, 0.2) is 0 Å². The lowest BCUT2D eigenvalue weighted by atomic mass is 10.0. The van der Waals surface area contributed by atoms with Crippen molar-refractivity contribution in [1.82, 2.24) is 9.55 Å². The first-order valence-corrected chi connectivity index (χ1v) is 6.92. The van der Waals surface area contributed by atoms with Crippen LogP contribution in [0.15, 0.2) is 18.2 Å². The zero-order valence-corrected chi connectivity index (χ0v) is 11.9. The third-order valence-electron chi connectivity index (χ3n) is 3.48. The van der Waals surface area contributed by atoms with Gasteiger partial charge in [-0.1, -0.05) is 6.92 Å². The number of hydrogen-bond acceptors (Lipinski definition) is 2. The van der Waals surface area contributed by atoms with Crippen molar-refractivity contribution in [2.75, 3.05) is 6.54 Å². The summed E-state index contributed by atoms with van der Waals surface area (Å²) in [6.45, 7) is 7.06. The van der Waals surface area contributed by atoms with Gasteiger partial charge in [-0.15, -0.1) is 0 Å². The van der Waals surface area contributed by atoms with Crippen molar-refractivity contribution in [2.24, 2.45) is 5.73 Å². The van der Waals surface area contributed by atoms with Crippen molar-refractivity contribution < 1.29 is 4.39 Å². The van der Waals surface area contributed by atoms with Gasteiger partial charge >= 0.3 is 0 Å². The molecule has 0 spiro atoms. The Morgan fingerprint density at radius 2 is 2.05 bits per heavy atom. The van der Waals surface area contributed by atoms with E-state index in [0.717, 1.165) is 29.7 Å². The third-order valence-corrected chi connectivity index (χ3v) is 3.48. The minimum absolute atomic E-state index is 0.213. The van der Waals surface area contributed by atoms with E-state index in [1.807, 2.05) is 0 Å². The van der Waals surface area contributed by atoms with E-state index in [2.05, 4.69) is 30.3 Å². The SMILES string of the molecule is CC(CCCN)c1nc2ccc(F)cc2n1C(C)C. The van der Waals surface area contributed by atoms with Crippen molar-refractivity contribution in [2.45, 2.75) is 45.6 Å². The molecule has 104 valence electrons. The first kappa shape index (κ1) is 14.0. The second kappa shape index (κ2) is 5.70. The number of rotatable bonds is 5.